The molecule has 0 unspecified atom stereocenters. The molecule has 10 nitrogen and oxygen atoms in total. The maximum absolute atomic E-state index is 12.7. The monoisotopic (exact) mass is 596 g/mol. The molecule has 1 spiro atoms. The van der Waals surface area contributed by atoms with Gasteiger partial charge in [0.1, 0.15) is 16.6 Å². The Balaban J connectivity index is 1.17. The number of carbonyl (C=O) groups is 1. The molecule has 11 heteroatoms. The summed E-state index contributed by atoms with van der Waals surface area (Å²) in [5, 5.41) is 25.3. The van der Waals surface area contributed by atoms with E-state index in [-0.39, 0.29) is 17.6 Å². The van der Waals surface area contributed by atoms with Gasteiger partial charge in [0.15, 0.2) is 5.13 Å². The summed E-state index contributed by atoms with van der Waals surface area (Å²) in [5.41, 5.74) is 8.16. The Labute approximate surface area is 255 Å². The molecule has 3 saturated heterocycles. The molecule has 3 fully saturated rings. The Morgan fingerprint density at radius 1 is 1.16 bits per heavy atom. The molecule has 0 bridgehead atoms. The number of nitriles is 1. The number of hydrogen-bond donors (Lipinski definition) is 1. The highest BCUT2D eigenvalue weighted by Gasteiger charge is 2.51. The number of amides is 2. The SMILES string of the molecule is CCc1nn2c(C)cc(N3CCC4(CN(C(=O)N5CC(O)C5)C4)C3)cc2c1N(C)c1nc(-c2ccc(C)cc2)c(C#N)s1. The quantitative estimate of drug-likeness (QED) is 0.360. The lowest BCUT2D eigenvalue weighted by Gasteiger charge is -2.51. The number of pyridine rings is 1. The van der Waals surface area contributed by atoms with Crippen LogP contribution in [-0.2, 0) is 6.42 Å². The third-order valence-corrected chi connectivity index (χ3v) is 10.2. The standard InChI is InChI=1S/C32H36N8O2S/c1-5-25-29(36(4)30-34-28(27(14-33)43-30)22-8-6-20(2)7-9-22)26-13-23(12-21(3)40(26)35-25)37-11-10-32(17-37)18-39(19-32)31(42)38-15-24(41)16-38/h6-9,12-13,24,41H,5,10-11,15-19H2,1-4H3. The number of aryl methyl sites for hydroxylation is 3. The van der Waals surface area contributed by atoms with Crippen LogP contribution in [0.15, 0.2) is 36.4 Å². The third-order valence-electron chi connectivity index (χ3n) is 9.20. The number of aromatic nitrogens is 3. The Bertz CT molecular complexity index is 1760. The van der Waals surface area contributed by atoms with Crippen molar-refractivity contribution in [3.63, 3.8) is 0 Å². The Morgan fingerprint density at radius 2 is 1.91 bits per heavy atom. The van der Waals surface area contributed by atoms with Gasteiger partial charge >= 0.3 is 6.03 Å². The van der Waals surface area contributed by atoms with Crippen LogP contribution in [0.2, 0.25) is 0 Å². The van der Waals surface area contributed by atoms with Crippen LogP contribution in [0.4, 0.5) is 21.3 Å². The van der Waals surface area contributed by atoms with Crippen LogP contribution >= 0.6 is 11.3 Å². The second kappa shape index (κ2) is 10.2. The lowest BCUT2D eigenvalue weighted by atomic mass is 9.79. The van der Waals surface area contributed by atoms with Crippen LogP contribution in [0.3, 0.4) is 0 Å². The Kier molecular flexibility index (Phi) is 6.59. The molecule has 0 saturated carbocycles. The number of likely N-dealkylation sites (tertiary alicyclic amines) is 2. The normalized spacial score (nSPS) is 17.8. The van der Waals surface area contributed by atoms with Crippen LogP contribution in [0.1, 0.15) is 35.2 Å². The predicted octanol–water partition coefficient (Wildman–Crippen LogP) is 4.59. The smallest absolute Gasteiger partial charge is 0.320 e. The number of rotatable bonds is 5. The molecule has 2 amide bonds. The van der Waals surface area contributed by atoms with Gasteiger partial charge in [0.2, 0.25) is 0 Å². The second-order valence-corrected chi connectivity index (χ2v) is 13.4. The van der Waals surface area contributed by atoms with E-state index in [2.05, 4.69) is 41.8 Å². The minimum atomic E-state index is -0.376. The molecule has 0 radical (unpaired) electrons. The first kappa shape index (κ1) is 27.7. The van der Waals surface area contributed by atoms with Crippen LogP contribution < -0.4 is 9.80 Å². The van der Waals surface area contributed by atoms with Gasteiger partial charge in [-0.3, -0.25) is 0 Å². The van der Waals surface area contributed by atoms with Crippen LogP contribution in [0.25, 0.3) is 16.8 Å². The molecule has 3 aliphatic heterocycles. The van der Waals surface area contributed by atoms with Crippen molar-refractivity contribution in [2.75, 3.05) is 56.1 Å². The first-order valence-electron chi connectivity index (χ1n) is 14.9. The van der Waals surface area contributed by atoms with Gasteiger partial charge in [-0.25, -0.2) is 14.3 Å². The minimum Gasteiger partial charge on any atom is -0.389 e. The molecule has 222 valence electrons. The summed E-state index contributed by atoms with van der Waals surface area (Å²) in [4.78, 5) is 26.4. The Morgan fingerprint density at radius 3 is 2.58 bits per heavy atom. The van der Waals surface area contributed by atoms with Gasteiger partial charge in [-0.1, -0.05) is 48.1 Å². The summed E-state index contributed by atoms with van der Waals surface area (Å²) in [6.07, 6.45) is 1.44. The number of β-amino-alcohol motifs (C(OH)–C–C–N with tert-alkyl or cyclic N) is 1. The zero-order chi connectivity index (χ0) is 30.0. The van der Waals surface area contributed by atoms with E-state index in [9.17, 15) is 15.2 Å². The van der Waals surface area contributed by atoms with Crippen LogP contribution in [0, 0.1) is 30.6 Å². The molecule has 1 aromatic carbocycles. The number of urea groups is 1. The van der Waals surface area contributed by atoms with Crippen molar-refractivity contribution in [2.24, 2.45) is 5.41 Å². The fraction of sp³-hybridized carbons (Fsp3) is 0.438. The number of benzene rings is 1. The van der Waals surface area contributed by atoms with E-state index in [1.54, 1.807) is 4.90 Å². The van der Waals surface area contributed by atoms with Crippen molar-refractivity contribution in [2.45, 2.75) is 39.7 Å². The number of anilines is 3. The molecule has 0 aliphatic carbocycles. The maximum atomic E-state index is 12.7. The summed E-state index contributed by atoms with van der Waals surface area (Å²) in [7, 11) is 2.01. The van der Waals surface area contributed by atoms with Crippen LogP contribution in [-0.4, -0.2) is 88.0 Å². The van der Waals surface area contributed by atoms with E-state index < -0.39 is 0 Å². The van der Waals surface area contributed by atoms with E-state index in [1.165, 1.54) is 16.9 Å². The lowest BCUT2D eigenvalue weighted by Crippen LogP contribution is -2.66. The summed E-state index contributed by atoms with van der Waals surface area (Å²) < 4.78 is 2.02. The number of nitrogens with zero attached hydrogens (tertiary/aromatic N) is 8. The van der Waals surface area contributed by atoms with Crippen molar-refractivity contribution in [1.29, 1.82) is 5.26 Å². The van der Waals surface area contributed by atoms with E-state index in [0.717, 1.165) is 78.0 Å². The molecule has 3 aliphatic rings. The van der Waals surface area contributed by atoms with Gasteiger partial charge < -0.3 is 24.7 Å². The van der Waals surface area contributed by atoms with Crippen molar-refractivity contribution >= 4 is 39.4 Å². The van der Waals surface area contributed by atoms with E-state index in [4.69, 9.17) is 10.1 Å². The summed E-state index contributed by atoms with van der Waals surface area (Å²) >= 11 is 1.40. The highest BCUT2D eigenvalue weighted by Crippen LogP contribution is 2.44. The van der Waals surface area contributed by atoms with Crippen molar-refractivity contribution in [1.82, 2.24) is 24.4 Å². The number of aliphatic hydroxyl groups excluding tert-OH is 1. The molecular formula is C32H36N8O2S. The fourth-order valence-electron chi connectivity index (χ4n) is 6.77. The molecule has 1 N–H and O–H groups in total. The van der Waals surface area contributed by atoms with Gasteiger partial charge in [-0.2, -0.15) is 10.4 Å². The fourth-order valence-corrected chi connectivity index (χ4v) is 7.62. The largest absolute Gasteiger partial charge is 0.389 e. The number of aliphatic hydroxyl groups is 1. The number of thiazole rings is 1. The molecule has 6 heterocycles. The summed E-state index contributed by atoms with van der Waals surface area (Å²) in [5.74, 6) is 0. The molecule has 0 atom stereocenters. The number of fused-ring (bicyclic) bond motifs is 1. The van der Waals surface area contributed by atoms with E-state index in [0.29, 0.717) is 23.7 Å². The second-order valence-electron chi connectivity index (χ2n) is 12.4. The van der Waals surface area contributed by atoms with Crippen molar-refractivity contribution in [3.05, 3.63) is 58.2 Å². The highest BCUT2D eigenvalue weighted by molar-refractivity contribution is 7.16. The topological polar surface area (TPSA) is 104 Å². The number of hydrogen-bond acceptors (Lipinski definition) is 8. The van der Waals surface area contributed by atoms with Gasteiger partial charge in [0, 0.05) is 55.6 Å². The van der Waals surface area contributed by atoms with Gasteiger partial charge in [-0.15, -0.1) is 0 Å². The van der Waals surface area contributed by atoms with E-state index in [1.807, 2.05) is 47.7 Å². The molecular weight excluding hydrogens is 560 g/mol. The lowest BCUT2D eigenvalue weighted by molar-refractivity contribution is -0.0161. The van der Waals surface area contributed by atoms with Crippen LogP contribution in [0.5, 0.6) is 0 Å². The molecule has 3 aromatic heterocycles. The molecule has 7 rings (SSSR count). The first-order chi connectivity index (χ1) is 20.7. The van der Waals surface area contributed by atoms with Crippen molar-refractivity contribution < 1.29 is 9.90 Å². The summed E-state index contributed by atoms with van der Waals surface area (Å²) in [6, 6.07) is 15.0. The van der Waals surface area contributed by atoms with Gasteiger partial charge in [0.05, 0.1) is 36.1 Å². The molecule has 4 aromatic rings. The zero-order valence-electron chi connectivity index (χ0n) is 25.0. The highest BCUT2D eigenvalue weighted by atomic mass is 32.1. The Hall–Kier alpha value is -4.14. The average molecular weight is 597 g/mol. The first-order valence-corrected chi connectivity index (χ1v) is 15.7. The third kappa shape index (κ3) is 4.60. The summed E-state index contributed by atoms with van der Waals surface area (Å²) in [6.45, 7) is 10.5. The average Bonchev–Trinajstić information content (AvgIpc) is 3.70. The van der Waals surface area contributed by atoms with Crippen molar-refractivity contribution in [3.8, 4) is 17.3 Å². The maximum Gasteiger partial charge on any atom is 0.320 e. The minimum absolute atomic E-state index is 0.0537. The van der Waals surface area contributed by atoms with Gasteiger partial charge in [0.25, 0.3) is 0 Å². The van der Waals surface area contributed by atoms with Gasteiger partial charge in [-0.05, 0) is 38.8 Å². The van der Waals surface area contributed by atoms with E-state index >= 15 is 0 Å². The number of carbonyl (C=O) groups excluding carboxylic acids is 1. The predicted molar refractivity (Wildman–Crippen MR) is 168 cm³/mol. The molecule has 43 heavy (non-hydrogen) atoms. The zero-order valence-corrected chi connectivity index (χ0v) is 25.9.